The third-order valence-corrected chi connectivity index (χ3v) is 1.36. The number of anilines is 1. The molecule has 0 spiro atoms. The molecule has 0 unspecified atom stereocenters. The first-order valence-corrected chi connectivity index (χ1v) is 3.57. The van der Waals surface area contributed by atoms with Crippen LogP contribution in [0.15, 0.2) is 6.07 Å². The summed E-state index contributed by atoms with van der Waals surface area (Å²) in [5.41, 5.74) is 6.22. The van der Waals surface area contributed by atoms with Gasteiger partial charge in [-0.05, 0) is 19.1 Å². The van der Waals surface area contributed by atoms with Crippen LogP contribution in [0.25, 0.3) is 0 Å². The van der Waals surface area contributed by atoms with Crippen LogP contribution in [0, 0.1) is 6.92 Å². The lowest BCUT2D eigenvalue weighted by Gasteiger charge is -2.01. The molecule has 1 aromatic rings. The van der Waals surface area contributed by atoms with E-state index in [4.69, 9.17) is 5.73 Å². The van der Waals surface area contributed by atoms with Gasteiger partial charge >= 0.3 is 0 Å². The van der Waals surface area contributed by atoms with E-state index in [0.717, 1.165) is 11.5 Å². The fourth-order valence-corrected chi connectivity index (χ4v) is 0.958. The zero-order valence-electron chi connectivity index (χ0n) is 6.46. The van der Waals surface area contributed by atoms with Gasteiger partial charge in [0.15, 0.2) is 5.11 Å². The molecule has 0 amide bonds. The Hall–Kier alpha value is -1.10. The Morgan fingerprint density at radius 3 is 2.82 bits per heavy atom. The second-order valence-corrected chi connectivity index (χ2v) is 2.72. The molecule has 1 heterocycles. The molecule has 0 aliphatic carbocycles. The summed E-state index contributed by atoms with van der Waals surface area (Å²) >= 11 is 4.67. The van der Waals surface area contributed by atoms with Gasteiger partial charge in [0.2, 0.25) is 0 Å². The first kappa shape index (κ1) is 8.00. The van der Waals surface area contributed by atoms with Crippen molar-refractivity contribution in [2.24, 2.45) is 12.8 Å². The fourth-order valence-electron chi connectivity index (χ4n) is 0.854. The van der Waals surface area contributed by atoms with Crippen LogP contribution in [0.4, 0.5) is 5.82 Å². The molecule has 5 heteroatoms. The number of hydrogen-bond donors (Lipinski definition) is 2. The van der Waals surface area contributed by atoms with Gasteiger partial charge in [-0.15, -0.1) is 0 Å². The fraction of sp³-hybridized carbons (Fsp3) is 0.333. The summed E-state index contributed by atoms with van der Waals surface area (Å²) < 4.78 is 1.69. The van der Waals surface area contributed by atoms with Gasteiger partial charge in [-0.2, -0.15) is 5.10 Å². The van der Waals surface area contributed by atoms with Crippen LogP contribution < -0.4 is 11.1 Å². The van der Waals surface area contributed by atoms with Crippen molar-refractivity contribution in [3.05, 3.63) is 11.8 Å². The molecule has 3 N–H and O–H groups in total. The molecule has 1 rings (SSSR count). The van der Waals surface area contributed by atoms with Crippen LogP contribution in [0.3, 0.4) is 0 Å². The van der Waals surface area contributed by atoms with E-state index < -0.39 is 0 Å². The van der Waals surface area contributed by atoms with Crippen molar-refractivity contribution < 1.29 is 0 Å². The van der Waals surface area contributed by atoms with Crippen molar-refractivity contribution in [3.63, 3.8) is 0 Å². The van der Waals surface area contributed by atoms with Crippen LogP contribution in [0.1, 0.15) is 5.69 Å². The van der Waals surface area contributed by atoms with E-state index >= 15 is 0 Å². The third kappa shape index (κ3) is 1.91. The Morgan fingerprint density at radius 2 is 2.45 bits per heavy atom. The summed E-state index contributed by atoms with van der Waals surface area (Å²) in [7, 11) is 1.83. The van der Waals surface area contributed by atoms with E-state index in [9.17, 15) is 0 Å². The largest absolute Gasteiger partial charge is 0.376 e. The number of hydrogen-bond acceptors (Lipinski definition) is 2. The summed E-state index contributed by atoms with van der Waals surface area (Å²) in [5.74, 6) is 0.815. The van der Waals surface area contributed by atoms with Gasteiger partial charge in [0.05, 0.1) is 5.69 Å². The molecule has 4 nitrogen and oxygen atoms in total. The minimum absolute atomic E-state index is 0.257. The number of aromatic nitrogens is 2. The summed E-state index contributed by atoms with van der Waals surface area (Å²) in [6.07, 6.45) is 0. The van der Waals surface area contributed by atoms with Crippen molar-refractivity contribution in [2.75, 3.05) is 5.32 Å². The van der Waals surface area contributed by atoms with E-state index in [2.05, 4.69) is 22.6 Å². The summed E-state index contributed by atoms with van der Waals surface area (Å²) in [4.78, 5) is 0. The number of aryl methyl sites for hydroxylation is 2. The van der Waals surface area contributed by atoms with Gasteiger partial charge in [-0.25, -0.2) is 0 Å². The molecular formula is C6H10N4S. The molecule has 1 aromatic heterocycles. The number of rotatable bonds is 1. The Balaban J connectivity index is 2.85. The van der Waals surface area contributed by atoms with Gasteiger partial charge in [0.1, 0.15) is 5.82 Å². The summed E-state index contributed by atoms with van der Waals surface area (Å²) in [5, 5.41) is 7.16. The van der Waals surface area contributed by atoms with Crippen LogP contribution >= 0.6 is 12.2 Å². The molecule has 0 atom stereocenters. The van der Waals surface area contributed by atoms with Gasteiger partial charge in [-0.3, -0.25) is 4.68 Å². The second kappa shape index (κ2) is 2.87. The lowest BCUT2D eigenvalue weighted by Crippen LogP contribution is -2.20. The molecule has 0 aliphatic rings. The van der Waals surface area contributed by atoms with Crippen LogP contribution in [0.5, 0.6) is 0 Å². The second-order valence-electron chi connectivity index (χ2n) is 2.28. The molecule has 0 aliphatic heterocycles. The van der Waals surface area contributed by atoms with Crippen molar-refractivity contribution >= 4 is 23.1 Å². The van der Waals surface area contributed by atoms with E-state index in [-0.39, 0.29) is 5.11 Å². The smallest absolute Gasteiger partial charge is 0.169 e. The topological polar surface area (TPSA) is 55.9 Å². The molecule has 0 radical (unpaired) electrons. The first-order chi connectivity index (χ1) is 5.09. The molecule has 0 saturated heterocycles. The maximum absolute atomic E-state index is 5.28. The van der Waals surface area contributed by atoms with Gasteiger partial charge in [0.25, 0.3) is 0 Å². The number of nitrogens with two attached hydrogens (primary N) is 1. The standard InChI is InChI=1S/C6H10N4S/c1-4-3-5(8-6(7)11)10(2)9-4/h3H,1-2H3,(H3,7,8,11). The van der Waals surface area contributed by atoms with Crippen molar-refractivity contribution in [1.82, 2.24) is 9.78 Å². The Kier molecular flexibility index (Phi) is 2.09. The Labute approximate surface area is 70.4 Å². The molecule has 11 heavy (non-hydrogen) atoms. The number of nitrogens with one attached hydrogen (secondary N) is 1. The van der Waals surface area contributed by atoms with Crippen molar-refractivity contribution in [3.8, 4) is 0 Å². The molecule has 0 bridgehead atoms. The van der Waals surface area contributed by atoms with Crippen molar-refractivity contribution in [1.29, 1.82) is 0 Å². The van der Waals surface area contributed by atoms with Gasteiger partial charge < -0.3 is 11.1 Å². The van der Waals surface area contributed by atoms with E-state index in [0.29, 0.717) is 0 Å². The SMILES string of the molecule is Cc1cc(NC(N)=S)n(C)n1. The first-order valence-electron chi connectivity index (χ1n) is 3.16. The Morgan fingerprint density at radius 1 is 1.82 bits per heavy atom. The van der Waals surface area contributed by atoms with Gasteiger partial charge in [-0.1, -0.05) is 0 Å². The maximum atomic E-state index is 5.28. The monoisotopic (exact) mass is 170 g/mol. The highest BCUT2D eigenvalue weighted by Crippen LogP contribution is 2.06. The molecule has 0 fully saturated rings. The average Bonchev–Trinajstić information content (AvgIpc) is 2.09. The zero-order valence-corrected chi connectivity index (χ0v) is 7.27. The zero-order chi connectivity index (χ0) is 8.43. The number of nitrogens with zero attached hydrogens (tertiary/aromatic N) is 2. The minimum atomic E-state index is 0.257. The Bertz CT molecular complexity index is 278. The maximum Gasteiger partial charge on any atom is 0.169 e. The quantitative estimate of drug-likeness (QED) is 0.598. The highest BCUT2D eigenvalue weighted by atomic mass is 32.1. The van der Waals surface area contributed by atoms with E-state index in [1.165, 1.54) is 0 Å². The van der Waals surface area contributed by atoms with Crippen LogP contribution in [-0.4, -0.2) is 14.9 Å². The predicted octanol–water partition coefficient (Wildman–Crippen LogP) is 0.384. The molecule has 60 valence electrons. The van der Waals surface area contributed by atoms with Crippen LogP contribution in [-0.2, 0) is 7.05 Å². The summed E-state index contributed by atoms with van der Waals surface area (Å²) in [6.45, 7) is 1.91. The molecule has 0 saturated carbocycles. The lowest BCUT2D eigenvalue weighted by atomic mass is 10.5. The third-order valence-electron chi connectivity index (χ3n) is 1.25. The van der Waals surface area contributed by atoms with Crippen molar-refractivity contribution in [2.45, 2.75) is 6.92 Å². The number of thiocarbonyl (C=S) groups is 1. The summed E-state index contributed by atoms with van der Waals surface area (Å²) in [6, 6.07) is 1.87. The lowest BCUT2D eigenvalue weighted by molar-refractivity contribution is 0.766. The molecular weight excluding hydrogens is 160 g/mol. The van der Waals surface area contributed by atoms with Gasteiger partial charge in [0, 0.05) is 13.1 Å². The van der Waals surface area contributed by atoms with E-state index in [1.54, 1.807) is 4.68 Å². The van der Waals surface area contributed by atoms with Crippen LogP contribution in [0.2, 0.25) is 0 Å². The predicted molar refractivity (Wildman–Crippen MR) is 48.4 cm³/mol. The average molecular weight is 170 g/mol. The normalized spacial score (nSPS) is 9.64. The van der Waals surface area contributed by atoms with E-state index in [1.807, 2.05) is 20.0 Å². The highest BCUT2D eigenvalue weighted by Gasteiger charge is 2.00. The highest BCUT2D eigenvalue weighted by molar-refractivity contribution is 7.80. The molecule has 0 aromatic carbocycles. The minimum Gasteiger partial charge on any atom is -0.376 e.